The number of nitrogens with zero attached hydrogens (tertiary/aromatic N) is 1. The Hall–Kier alpha value is -1.22. The largest absolute Gasteiger partial charge is 0.481 e. The lowest BCUT2D eigenvalue weighted by Gasteiger charge is -2.33. The molecule has 0 saturated heterocycles. The number of carbonyl (C=O) groups is 1. The van der Waals surface area contributed by atoms with E-state index in [9.17, 15) is 4.79 Å². The zero-order valence-corrected chi connectivity index (χ0v) is 13.6. The van der Waals surface area contributed by atoms with Crippen LogP contribution in [0.4, 0.5) is 0 Å². The van der Waals surface area contributed by atoms with Crippen LogP contribution >= 0.6 is 11.6 Å². The Labute approximate surface area is 132 Å². The SMILES string of the molecule is CCC(Oc1cccc(Cl)c1)C(=O)N(C)C1CCCCC1. The molecule has 1 aliphatic carbocycles. The van der Waals surface area contributed by atoms with Crippen LogP contribution in [-0.4, -0.2) is 30.0 Å². The normalized spacial score (nSPS) is 17.3. The van der Waals surface area contributed by atoms with Crippen molar-refractivity contribution in [1.82, 2.24) is 4.90 Å². The Balaban J connectivity index is 2.00. The molecule has 2 rings (SSSR count). The summed E-state index contributed by atoms with van der Waals surface area (Å²) in [5.74, 6) is 0.726. The molecule has 1 saturated carbocycles. The third kappa shape index (κ3) is 4.37. The van der Waals surface area contributed by atoms with Gasteiger partial charge in [0.2, 0.25) is 0 Å². The summed E-state index contributed by atoms with van der Waals surface area (Å²) in [6.45, 7) is 1.97. The smallest absolute Gasteiger partial charge is 0.263 e. The molecule has 4 heteroatoms. The van der Waals surface area contributed by atoms with Crippen molar-refractivity contribution in [3.63, 3.8) is 0 Å². The van der Waals surface area contributed by atoms with Gasteiger partial charge >= 0.3 is 0 Å². The fourth-order valence-corrected chi connectivity index (χ4v) is 3.07. The molecule has 1 unspecified atom stereocenters. The van der Waals surface area contributed by atoms with E-state index in [2.05, 4.69) is 0 Å². The first kappa shape index (κ1) is 16.2. The number of halogens is 1. The first-order valence-electron chi connectivity index (χ1n) is 7.80. The van der Waals surface area contributed by atoms with E-state index in [-0.39, 0.29) is 5.91 Å². The number of hydrogen-bond donors (Lipinski definition) is 0. The first-order chi connectivity index (χ1) is 10.1. The first-order valence-corrected chi connectivity index (χ1v) is 8.18. The van der Waals surface area contributed by atoms with Gasteiger partial charge in [0.05, 0.1) is 0 Å². The van der Waals surface area contributed by atoms with Gasteiger partial charge in [-0.2, -0.15) is 0 Å². The molecule has 0 bridgehead atoms. The molecule has 21 heavy (non-hydrogen) atoms. The van der Waals surface area contributed by atoms with Crippen LogP contribution < -0.4 is 4.74 Å². The van der Waals surface area contributed by atoms with Crippen molar-refractivity contribution in [2.75, 3.05) is 7.05 Å². The second-order valence-electron chi connectivity index (χ2n) is 5.71. The van der Waals surface area contributed by atoms with Gasteiger partial charge < -0.3 is 9.64 Å². The maximum Gasteiger partial charge on any atom is 0.263 e. The Morgan fingerprint density at radius 3 is 2.71 bits per heavy atom. The Morgan fingerprint density at radius 2 is 2.10 bits per heavy atom. The Morgan fingerprint density at radius 1 is 1.38 bits per heavy atom. The van der Waals surface area contributed by atoms with Gasteiger partial charge in [0.25, 0.3) is 5.91 Å². The van der Waals surface area contributed by atoms with Gasteiger partial charge in [-0.1, -0.05) is 43.9 Å². The summed E-state index contributed by atoms with van der Waals surface area (Å²) in [7, 11) is 1.91. The summed E-state index contributed by atoms with van der Waals surface area (Å²) in [6, 6.07) is 7.58. The molecular formula is C17H24ClNO2. The van der Waals surface area contributed by atoms with Crippen LogP contribution in [-0.2, 0) is 4.79 Å². The quantitative estimate of drug-likeness (QED) is 0.812. The summed E-state index contributed by atoms with van der Waals surface area (Å²) < 4.78 is 5.84. The Bertz CT molecular complexity index is 472. The molecule has 0 radical (unpaired) electrons. The molecule has 1 atom stereocenters. The molecule has 1 amide bonds. The van der Waals surface area contributed by atoms with E-state index in [0.717, 1.165) is 12.8 Å². The van der Waals surface area contributed by atoms with Crippen molar-refractivity contribution in [3.8, 4) is 5.75 Å². The highest BCUT2D eigenvalue weighted by Gasteiger charge is 2.28. The van der Waals surface area contributed by atoms with Gasteiger partial charge in [0.15, 0.2) is 6.10 Å². The number of ether oxygens (including phenoxy) is 1. The second-order valence-corrected chi connectivity index (χ2v) is 6.15. The third-order valence-electron chi connectivity index (χ3n) is 4.19. The van der Waals surface area contributed by atoms with Crippen molar-refractivity contribution in [2.45, 2.75) is 57.6 Å². The predicted molar refractivity (Wildman–Crippen MR) is 85.8 cm³/mol. The highest BCUT2D eigenvalue weighted by molar-refractivity contribution is 6.30. The molecule has 0 N–H and O–H groups in total. The molecule has 1 aromatic carbocycles. The highest BCUT2D eigenvalue weighted by Crippen LogP contribution is 2.24. The number of rotatable bonds is 5. The van der Waals surface area contributed by atoms with Crippen LogP contribution in [0.5, 0.6) is 5.75 Å². The second kappa shape index (κ2) is 7.69. The van der Waals surface area contributed by atoms with Crippen LogP contribution in [0.25, 0.3) is 0 Å². The lowest BCUT2D eigenvalue weighted by molar-refractivity contribution is -0.140. The van der Waals surface area contributed by atoms with Crippen molar-refractivity contribution in [2.24, 2.45) is 0 Å². The van der Waals surface area contributed by atoms with E-state index < -0.39 is 6.10 Å². The maximum atomic E-state index is 12.6. The minimum Gasteiger partial charge on any atom is -0.481 e. The van der Waals surface area contributed by atoms with Crippen LogP contribution in [0.1, 0.15) is 45.4 Å². The molecule has 3 nitrogen and oxygen atoms in total. The van der Waals surface area contributed by atoms with Crippen molar-refractivity contribution < 1.29 is 9.53 Å². The zero-order valence-electron chi connectivity index (χ0n) is 12.8. The number of hydrogen-bond acceptors (Lipinski definition) is 2. The standard InChI is InChI=1S/C17H24ClNO2/c1-3-16(21-15-11-7-8-13(18)12-15)17(20)19(2)14-9-5-4-6-10-14/h7-8,11-12,14,16H,3-6,9-10H2,1-2H3. The molecule has 0 heterocycles. The van der Waals surface area contributed by atoms with E-state index in [1.54, 1.807) is 12.1 Å². The average molecular weight is 310 g/mol. The van der Waals surface area contributed by atoms with E-state index in [0.29, 0.717) is 23.2 Å². The summed E-state index contributed by atoms with van der Waals surface area (Å²) in [6.07, 6.45) is 6.15. The molecular weight excluding hydrogens is 286 g/mol. The number of benzene rings is 1. The van der Waals surface area contributed by atoms with Gasteiger partial charge in [0, 0.05) is 18.1 Å². The summed E-state index contributed by atoms with van der Waals surface area (Å²) >= 11 is 5.96. The lowest BCUT2D eigenvalue weighted by atomic mass is 9.94. The maximum absolute atomic E-state index is 12.6. The van der Waals surface area contributed by atoms with Crippen LogP contribution in [0.15, 0.2) is 24.3 Å². The van der Waals surface area contributed by atoms with E-state index in [4.69, 9.17) is 16.3 Å². The molecule has 0 spiro atoms. The number of likely N-dealkylation sites (N-methyl/N-ethyl adjacent to an activating group) is 1. The Kier molecular flexibility index (Phi) is 5.92. The third-order valence-corrected chi connectivity index (χ3v) is 4.43. The zero-order chi connectivity index (χ0) is 15.2. The molecule has 1 fully saturated rings. The highest BCUT2D eigenvalue weighted by atomic mass is 35.5. The fourth-order valence-electron chi connectivity index (χ4n) is 2.89. The number of carbonyl (C=O) groups excluding carboxylic acids is 1. The molecule has 0 aliphatic heterocycles. The summed E-state index contributed by atoms with van der Waals surface area (Å²) in [4.78, 5) is 14.5. The van der Waals surface area contributed by atoms with Crippen LogP contribution in [0.3, 0.4) is 0 Å². The minimum absolute atomic E-state index is 0.0735. The molecule has 1 aliphatic rings. The molecule has 116 valence electrons. The van der Waals surface area contributed by atoms with Crippen LogP contribution in [0, 0.1) is 0 Å². The summed E-state index contributed by atoms with van der Waals surface area (Å²) in [5, 5.41) is 0.621. The van der Waals surface area contributed by atoms with Gasteiger partial charge in [-0.25, -0.2) is 0 Å². The topological polar surface area (TPSA) is 29.5 Å². The van der Waals surface area contributed by atoms with Gasteiger partial charge in [-0.05, 0) is 37.5 Å². The van der Waals surface area contributed by atoms with E-state index >= 15 is 0 Å². The van der Waals surface area contributed by atoms with Gasteiger partial charge in [-0.3, -0.25) is 4.79 Å². The summed E-state index contributed by atoms with van der Waals surface area (Å²) in [5.41, 5.74) is 0. The van der Waals surface area contributed by atoms with Crippen molar-refractivity contribution in [3.05, 3.63) is 29.3 Å². The lowest BCUT2D eigenvalue weighted by Crippen LogP contribution is -2.45. The minimum atomic E-state index is -0.435. The van der Waals surface area contributed by atoms with Gasteiger partial charge in [-0.15, -0.1) is 0 Å². The van der Waals surface area contributed by atoms with E-state index in [1.165, 1.54) is 19.3 Å². The van der Waals surface area contributed by atoms with Crippen molar-refractivity contribution >= 4 is 17.5 Å². The predicted octanol–water partition coefficient (Wildman–Crippen LogP) is 4.29. The average Bonchev–Trinajstić information content (AvgIpc) is 2.52. The molecule has 0 aromatic heterocycles. The van der Waals surface area contributed by atoms with Crippen LogP contribution in [0.2, 0.25) is 5.02 Å². The molecule has 1 aromatic rings. The number of amides is 1. The van der Waals surface area contributed by atoms with Gasteiger partial charge in [0.1, 0.15) is 5.75 Å². The van der Waals surface area contributed by atoms with Crippen molar-refractivity contribution in [1.29, 1.82) is 0 Å². The monoisotopic (exact) mass is 309 g/mol. The fraction of sp³-hybridized carbons (Fsp3) is 0.588. The van der Waals surface area contributed by atoms with E-state index in [1.807, 2.05) is 31.0 Å².